The lowest BCUT2D eigenvalue weighted by molar-refractivity contribution is -0.0197. The minimum atomic E-state index is -0.757. The maximum absolute atomic E-state index is 13.5. The van der Waals surface area contributed by atoms with E-state index in [4.69, 9.17) is 25.2 Å². The molecule has 3 aromatic rings. The Kier molecular flexibility index (Phi) is 6.37. The van der Waals surface area contributed by atoms with Gasteiger partial charge in [0.15, 0.2) is 11.4 Å². The number of carbonyl (C=O) groups is 1. The maximum atomic E-state index is 13.5. The van der Waals surface area contributed by atoms with Gasteiger partial charge in [-0.15, -0.1) is 0 Å². The van der Waals surface area contributed by atoms with Gasteiger partial charge in [0.05, 0.1) is 6.20 Å². The predicted molar refractivity (Wildman–Crippen MR) is 122 cm³/mol. The number of carbonyl (C=O) groups excluding carboxylic acids is 1. The zero-order valence-electron chi connectivity index (χ0n) is 18.8. The molecule has 1 aliphatic carbocycles. The van der Waals surface area contributed by atoms with Crippen molar-refractivity contribution in [2.24, 2.45) is 5.73 Å². The number of benzene rings is 2. The number of halogens is 1. The summed E-state index contributed by atoms with van der Waals surface area (Å²) in [6, 6.07) is 18.4. The fourth-order valence-electron chi connectivity index (χ4n) is 3.83. The van der Waals surface area contributed by atoms with Gasteiger partial charge in [0, 0.05) is 24.3 Å². The average Bonchev–Trinajstić information content (AvgIpc) is 2.78. The van der Waals surface area contributed by atoms with Crippen molar-refractivity contribution in [2.45, 2.75) is 44.3 Å². The first kappa shape index (κ1) is 23.1. The summed E-state index contributed by atoms with van der Waals surface area (Å²) in [5.74, 6) is 0.730. The minimum absolute atomic E-state index is 0.00518. The number of aromatic nitrogens is 1. The molecule has 1 fully saturated rings. The van der Waals surface area contributed by atoms with Gasteiger partial charge in [-0.3, -0.25) is 0 Å². The number of nitrogens with zero attached hydrogens (tertiary/aromatic N) is 2. The first-order valence-corrected chi connectivity index (χ1v) is 10.8. The monoisotopic (exact) mass is 461 g/mol. The van der Waals surface area contributed by atoms with E-state index in [0.29, 0.717) is 18.6 Å². The molecular weight excluding hydrogens is 437 g/mol. The number of hydrogen-bond donors (Lipinski definition) is 1. The van der Waals surface area contributed by atoms with E-state index in [2.05, 4.69) is 18.8 Å². The van der Waals surface area contributed by atoms with Gasteiger partial charge in [-0.1, -0.05) is 38.1 Å². The van der Waals surface area contributed by atoms with Crippen molar-refractivity contribution in [1.82, 2.24) is 4.98 Å². The second-order valence-corrected chi connectivity index (χ2v) is 8.66. The summed E-state index contributed by atoms with van der Waals surface area (Å²) in [5.41, 5.74) is 6.90. The van der Waals surface area contributed by atoms with Gasteiger partial charge in [-0.2, -0.15) is 5.26 Å². The lowest BCUT2D eigenvalue weighted by Gasteiger charge is -2.34. The summed E-state index contributed by atoms with van der Waals surface area (Å²) in [5, 5.41) is 9.15. The molecule has 4 rings (SSSR count). The molecule has 1 amide bonds. The lowest BCUT2D eigenvalue weighted by Crippen LogP contribution is -2.41. The van der Waals surface area contributed by atoms with Crippen LogP contribution in [-0.4, -0.2) is 23.3 Å². The maximum Gasteiger partial charge on any atom is 0.404 e. The molecule has 0 aliphatic heterocycles. The third kappa shape index (κ3) is 5.09. The smallest absolute Gasteiger partial charge is 0.404 e. The van der Waals surface area contributed by atoms with Crippen LogP contribution in [0.3, 0.4) is 0 Å². The highest BCUT2D eigenvalue weighted by Gasteiger charge is 2.33. The molecule has 0 atom stereocenters. The largest absolute Gasteiger partial charge is 0.490 e. The van der Waals surface area contributed by atoms with Gasteiger partial charge in [-0.05, 0) is 35.4 Å². The molecule has 0 unspecified atom stereocenters. The number of nitrogens with two attached hydrogens (primary N) is 1. The van der Waals surface area contributed by atoms with E-state index >= 15 is 0 Å². The van der Waals surface area contributed by atoms with Gasteiger partial charge >= 0.3 is 6.09 Å². The van der Waals surface area contributed by atoms with Crippen molar-refractivity contribution in [1.29, 1.82) is 5.26 Å². The van der Waals surface area contributed by atoms with Crippen molar-refractivity contribution in [3.8, 4) is 23.3 Å². The number of pyridine rings is 1. The van der Waals surface area contributed by atoms with Gasteiger partial charge in [-0.25, -0.2) is 14.2 Å². The molecule has 2 aromatic carbocycles. The lowest BCUT2D eigenvalue weighted by atomic mass is 9.78. The Morgan fingerprint density at radius 2 is 1.65 bits per heavy atom. The molecule has 1 saturated carbocycles. The van der Waals surface area contributed by atoms with Crippen molar-refractivity contribution in [3.05, 3.63) is 83.4 Å². The van der Waals surface area contributed by atoms with Gasteiger partial charge in [0.1, 0.15) is 35.6 Å². The van der Waals surface area contributed by atoms with E-state index in [1.165, 1.54) is 0 Å². The molecule has 0 spiro atoms. The second-order valence-electron chi connectivity index (χ2n) is 8.66. The fraction of sp³-hybridized carbons (Fsp3) is 0.269. The highest BCUT2D eigenvalue weighted by Crippen LogP contribution is 2.35. The van der Waals surface area contributed by atoms with Crippen molar-refractivity contribution >= 4 is 6.09 Å². The first-order chi connectivity index (χ1) is 16.2. The quantitative estimate of drug-likeness (QED) is 0.517. The Morgan fingerprint density at radius 3 is 2.21 bits per heavy atom. The Balaban J connectivity index is 1.40. The number of amides is 1. The van der Waals surface area contributed by atoms with Gasteiger partial charge < -0.3 is 19.9 Å². The molecule has 1 heterocycles. The predicted octanol–water partition coefficient (Wildman–Crippen LogP) is 5.22. The van der Waals surface area contributed by atoms with Crippen LogP contribution in [0, 0.1) is 17.1 Å². The van der Waals surface area contributed by atoms with E-state index in [1.807, 2.05) is 42.5 Å². The van der Waals surface area contributed by atoms with Crippen LogP contribution >= 0.6 is 0 Å². The molecule has 1 aliphatic rings. The van der Waals surface area contributed by atoms with Crippen molar-refractivity contribution in [2.75, 3.05) is 0 Å². The highest BCUT2D eigenvalue weighted by atomic mass is 19.1. The van der Waals surface area contributed by atoms with Crippen LogP contribution in [0.1, 0.15) is 43.5 Å². The normalized spacial score (nSPS) is 17.2. The van der Waals surface area contributed by atoms with Crippen molar-refractivity contribution < 1.29 is 23.4 Å². The topological polar surface area (TPSA) is 107 Å². The van der Waals surface area contributed by atoms with E-state index in [9.17, 15) is 9.18 Å². The van der Waals surface area contributed by atoms with Gasteiger partial charge in [0.25, 0.3) is 0 Å². The van der Waals surface area contributed by atoms with Crippen LogP contribution < -0.4 is 15.2 Å². The van der Waals surface area contributed by atoms with Crippen LogP contribution in [0.15, 0.2) is 60.8 Å². The Hall–Kier alpha value is -4.12. The molecule has 1 aromatic heterocycles. The molecule has 0 radical (unpaired) electrons. The Bertz CT molecular complexity index is 1210. The summed E-state index contributed by atoms with van der Waals surface area (Å²) < 4.78 is 30.0. The highest BCUT2D eigenvalue weighted by molar-refractivity contribution is 5.64. The summed E-state index contributed by atoms with van der Waals surface area (Å²) >= 11 is 0. The van der Waals surface area contributed by atoms with Crippen LogP contribution in [0.5, 0.6) is 17.2 Å². The van der Waals surface area contributed by atoms with E-state index in [1.54, 1.807) is 12.1 Å². The average molecular weight is 461 g/mol. The summed E-state index contributed by atoms with van der Waals surface area (Å²) in [4.78, 5) is 14.5. The minimum Gasteiger partial charge on any atom is -0.490 e. The summed E-state index contributed by atoms with van der Waals surface area (Å²) in [6.45, 7) is 4.22. The zero-order chi connectivity index (χ0) is 24.3. The number of hydrogen-bond acceptors (Lipinski definition) is 6. The molecule has 0 saturated heterocycles. The van der Waals surface area contributed by atoms with E-state index in [0.717, 1.165) is 29.1 Å². The Labute approximate surface area is 196 Å². The van der Waals surface area contributed by atoms with Crippen LogP contribution in [0.4, 0.5) is 9.18 Å². The fourth-order valence-corrected chi connectivity index (χ4v) is 3.83. The summed E-state index contributed by atoms with van der Waals surface area (Å²) in [7, 11) is 0. The number of primary amides is 1. The third-order valence-corrected chi connectivity index (χ3v) is 5.94. The molecule has 174 valence electrons. The SMILES string of the molecule is CC(C)(c1ccc(Oc2cc(F)cnc2C#N)cc1)c1ccc(O[C@H]2C[C@H](OC(N)=O)C2)cc1. The molecule has 2 N–H and O–H groups in total. The van der Waals surface area contributed by atoms with Crippen molar-refractivity contribution in [3.63, 3.8) is 0 Å². The summed E-state index contributed by atoms with van der Waals surface area (Å²) in [6.07, 6.45) is 1.32. The van der Waals surface area contributed by atoms with Crippen LogP contribution in [0.2, 0.25) is 0 Å². The van der Waals surface area contributed by atoms with Crippen LogP contribution in [-0.2, 0) is 10.2 Å². The van der Waals surface area contributed by atoms with E-state index < -0.39 is 11.9 Å². The van der Waals surface area contributed by atoms with Crippen LogP contribution in [0.25, 0.3) is 0 Å². The molecular formula is C26H24FN3O4. The molecule has 7 nitrogen and oxygen atoms in total. The molecule has 0 bridgehead atoms. The first-order valence-electron chi connectivity index (χ1n) is 10.8. The second kappa shape index (κ2) is 9.40. The molecule has 8 heteroatoms. The third-order valence-electron chi connectivity index (χ3n) is 5.94. The van der Waals surface area contributed by atoms with E-state index in [-0.39, 0.29) is 29.1 Å². The zero-order valence-corrected chi connectivity index (χ0v) is 18.8. The number of ether oxygens (including phenoxy) is 3. The number of nitriles is 1. The standard InChI is InChI=1S/C26H24FN3O4/c1-26(2,16-3-7-19(8-4-16)32-21-12-22(13-21)34-25(29)31)17-5-9-20(10-6-17)33-24-11-18(27)15-30-23(24)14-28/h3-11,15,21-22H,12-13H2,1-2H3,(H2,29,31)/t21-,22-. The molecule has 34 heavy (non-hydrogen) atoms. The Morgan fingerprint density at radius 1 is 1.06 bits per heavy atom. The number of rotatable bonds is 7. The van der Waals surface area contributed by atoms with Gasteiger partial charge in [0.2, 0.25) is 0 Å².